The van der Waals surface area contributed by atoms with Gasteiger partial charge in [0.25, 0.3) is 11.8 Å². The van der Waals surface area contributed by atoms with Gasteiger partial charge in [-0.3, -0.25) is 30.9 Å². The standard InChI is InChI=1S/C17H15N5O4/c23-14-6-7-15(24)22(14)21-17(26)12-10-18-9-8-13(12)19-20-16(25)11-4-2-1-3-5-11/h1-10,23-24H,(H,18,19)(H,20,25)(H,21,26). The van der Waals surface area contributed by atoms with Gasteiger partial charge in [-0.15, -0.1) is 0 Å². The van der Waals surface area contributed by atoms with Crippen molar-refractivity contribution in [2.45, 2.75) is 0 Å². The summed E-state index contributed by atoms with van der Waals surface area (Å²) in [5.41, 5.74) is 8.30. The minimum atomic E-state index is -0.656. The lowest BCUT2D eigenvalue weighted by molar-refractivity contribution is 0.0959. The third kappa shape index (κ3) is 3.56. The third-order valence-corrected chi connectivity index (χ3v) is 3.47. The van der Waals surface area contributed by atoms with Gasteiger partial charge in [-0.2, -0.15) is 4.68 Å². The quantitative estimate of drug-likeness (QED) is 0.442. The fourth-order valence-electron chi connectivity index (χ4n) is 2.16. The Morgan fingerprint density at radius 2 is 1.62 bits per heavy atom. The largest absolute Gasteiger partial charge is 0.493 e. The van der Waals surface area contributed by atoms with Gasteiger partial charge in [-0.05, 0) is 18.2 Å². The van der Waals surface area contributed by atoms with Crippen LogP contribution in [-0.4, -0.2) is 31.7 Å². The van der Waals surface area contributed by atoms with Gasteiger partial charge in [0.15, 0.2) is 0 Å². The van der Waals surface area contributed by atoms with Gasteiger partial charge in [0.2, 0.25) is 11.8 Å². The van der Waals surface area contributed by atoms with E-state index in [2.05, 4.69) is 21.3 Å². The van der Waals surface area contributed by atoms with Crippen LogP contribution in [0.1, 0.15) is 20.7 Å². The number of hydrazine groups is 1. The molecule has 9 heteroatoms. The molecule has 0 bridgehead atoms. The summed E-state index contributed by atoms with van der Waals surface area (Å²) in [7, 11) is 0. The smallest absolute Gasteiger partial charge is 0.274 e. The molecule has 0 aliphatic heterocycles. The van der Waals surface area contributed by atoms with Crippen LogP contribution in [0.3, 0.4) is 0 Å². The molecular weight excluding hydrogens is 338 g/mol. The highest BCUT2D eigenvalue weighted by atomic mass is 16.3. The first-order valence-electron chi connectivity index (χ1n) is 7.52. The van der Waals surface area contributed by atoms with Gasteiger partial charge in [-0.1, -0.05) is 18.2 Å². The van der Waals surface area contributed by atoms with E-state index in [1.807, 2.05) is 0 Å². The number of anilines is 1. The lowest BCUT2D eigenvalue weighted by atomic mass is 10.2. The lowest BCUT2D eigenvalue weighted by Gasteiger charge is -2.13. The number of benzene rings is 1. The highest BCUT2D eigenvalue weighted by Gasteiger charge is 2.16. The monoisotopic (exact) mass is 353 g/mol. The average molecular weight is 353 g/mol. The Balaban J connectivity index is 1.74. The summed E-state index contributed by atoms with van der Waals surface area (Å²) in [5, 5.41) is 19.2. The molecule has 0 aliphatic carbocycles. The van der Waals surface area contributed by atoms with Crippen molar-refractivity contribution in [1.82, 2.24) is 15.1 Å². The van der Waals surface area contributed by atoms with Crippen molar-refractivity contribution >= 4 is 17.5 Å². The van der Waals surface area contributed by atoms with E-state index in [1.54, 1.807) is 30.3 Å². The number of aromatic nitrogens is 2. The van der Waals surface area contributed by atoms with Gasteiger partial charge in [0, 0.05) is 30.1 Å². The van der Waals surface area contributed by atoms with Gasteiger partial charge in [0.1, 0.15) is 0 Å². The van der Waals surface area contributed by atoms with E-state index in [0.717, 1.165) is 4.68 Å². The lowest BCUT2D eigenvalue weighted by Crippen LogP contribution is -2.31. The molecule has 132 valence electrons. The van der Waals surface area contributed by atoms with Crippen molar-refractivity contribution in [3.63, 3.8) is 0 Å². The molecule has 3 rings (SSSR count). The normalized spacial score (nSPS) is 10.2. The van der Waals surface area contributed by atoms with Crippen molar-refractivity contribution in [3.05, 3.63) is 72.1 Å². The van der Waals surface area contributed by atoms with Crippen LogP contribution in [-0.2, 0) is 0 Å². The summed E-state index contributed by atoms with van der Waals surface area (Å²) >= 11 is 0. The van der Waals surface area contributed by atoms with Crippen molar-refractivity contribution < 1.29 is 19.8 Å². The first-order chi connectivity index (χ1) is 12.6. The minimum Gasteiger partial charge on any atom is -0.493 e. The zero-order valence-electron chi connectivity index (χ0n) is 13.4. The fraction of sp³-hybridized carbons (Fsp3) is 0. The molecule has 0 fully saturated rings. The number of nitrogens with one attached hydrogen (secondary N) is 3. The Kier molecular flexibility index (Phi) is 4.70. The molecule has 1 aromatic carbocycles. The number of carbonyl (C=O) groups is 2. The number of nitrogens with zero attached hydrogens (tertiary/aromatic N) is 2. The zero-order chi connectivity index (χ0) is 18.5. The highest BCUT2D eigenvalue weighted by Crippen LogP contribution is 2.20. The molecule has 3 aromatic rings. The fourth-order valence-corrected chi connectivity index (χ4v) is 2.16. The molecule has 0 saturated carbocycles. The number of hydrogen-bond donors (Lipinski definition) is 5. The predicted molar refractivity (Wildman–Crippen MR) is 93.2 cm³/mol. The van der Waals surface area contributed by atoms with E-state index in [4.69, 9.17) is 0 Å². The second-order valence-electron chi connectivity index (χ2n) is 5.19. The predicted octanol–water partition coefficient (Wildman–Crippen LogP) is 1.44. The summed E-state index contributed by atoms with van der Waals surface area (Å²) in [6.07, 6.45) is 2.72. The maximum atomic E-state index is 12.4. The summed E-state index contributed by atoms with van der Waals surface area (Å²) in [6.45, 7) is 0. The van der Waals surface area contributed by atoms with E-state index >= 15 is 0 Å². The number of carbonyl (C=O) groups excluding carboxylic acids is 2. The first kappa shape index (κ1) is 16.8. The van der Waals surface area contributed by atoms with Crippen molar-refractivity contribution in [3.8, 4) is 11.8 Å². The van der Waals surface area contributed by atoms with Gasteiger partial charge < -0.3 is 10.2 Å². The molecule has 0 unspecified atom stereocenters. The summed E-state index contributed by atoms with van der Waals surface area (Å²) in [6, 6.07) is 12.5. The summed E-state index contributed by atoms with van der Waals surface area (Å²) < 4.78 is 0.807. The molecule has 0 aliphatic rings. The SMILES string of the molecule is O=C(NNc1ccncc1C(=O)Nn1c(O)ccc1O)c1ccccc1. The van der Waals surface area contributed by atoms with Crippen molar-refractivity contribution in [2.75, 3.05) is 10.9 Å². The Morgan fingerprint density at radius 1 is 0.923 bits per heavy atom. The molecular formula is C17H15N5O4. The van der Waals surface area contributed by atoms with Gasteiger partial charge >= 0.3 is 0 Å². The Hall–Kier alpha value is -4.01. The van der Waals surface area contributed by atoms with Crippen LogP contribution in [0.2, 0.25) is 0 Å². The van der Waals surface area contributed by atoms with Crippen LogP contribution in [0.15, 0.2) is 60.9 Å². The molecule has 2 amide bonds. The van der Waals surface area contributed by atoms with E-state index in [1.165, 1.54) is 30.6 Å². The Bertz CT molecular complexity index is 920. The maximum Gasteiger partial charge on any atom is 0.274 e. The second-order valence-corrected chi connectivity index (χ2v) is 5.19. The average Bonchev–Trinajstić information content (AvgIpc) is 2.99. The van der Waals surface area contributed by atoms with Crippen LogP contribution in [0.25, 0.3) is 0 Å². The maximum absolute atomic E-state index is 12.4. The van der Waals surface area contributed by atoms with Gasteiger partial charge in [-0.25, -0.2) is 0 Å². The van der Waals surface area contributed by atoms with Crippen LogP contribution < -0.4 is 16.3 Å². The van der Waals surface area contributed by atoms with E-state index in [9.17, 15) is 19.8 Å². The zero-order valence-corrected chi connectivity index (χ0v) is 13.4. The molecule has 9 nitrogen and oxygen atoms in total. The molecule has 0 atom stereocenters. The van der Waals surface area contributed by atoms with E-state index in [0.29, 0.717) is 5.56 Å². The number of aromatic hydroxyl groups is 2. The number of hydrogen-bond acceptors (Lipinski definition) is 6. The van der Waals surface area contributed by atoms with Crippen molar-refractivity contribution in [2.24, 2.45) is 0 Å². The number of pyridine rings is 1. The first-order valence-corrected chi connectivity index (χ1v) is 7.52. The molecule has 2 aromatic heterocycles. The molecule has 0 saturated heterocycles. The van der Waals surface area contributed by atoms with Crippen LogP contribution >= 0.6 is 0 Å². The molecule has 5 N–H and O–H groups in total. The van der Waals surface area contributed by atoms with Crippen LogP contribution in [0.4, 0.5) is 5.69 Å². The molecule has 2 heterocycles. The number of rotatable bonds is 5. The van der Waals surface area contributed by atoms with Gasteiger partial charge in [0.05, 0.1) is 11.3 Å². The third-order valence-electron chi connectivity index (χ3n) is 3.47. The Labute approximate surface area is 147 Å². The topological polar surface area (TPSA) is 129 Å². The summed E-state index contributed by atoms with van der Waals surface area (Å²) in [5.74, 6) is -1.72. The molecule has 26 heavy (non-hydrogen) atoms. The number of amides is 2. The van der Waals surface area contributed by atoms with Crippen molar-refractivity contribution in [1.29, 1.82) is 0 Å². The highest BCUT2D eigenvalue weighted by molar-refractivity contribution is 6.04. The van der Waals surface area contributed by atoms with E-state index in [-0.39, 0.29) is 28.9 Å². The van der Waals surface area contributed by atoms with Crippen LogP contribution in [0, 0.1) is 0 Å². The second kappa shape index (κ2) is 7.26. The van der Waals surface area contributed by atoms with Crippen LogP contribution in [0.5, 0.6) is 11.8 Å². The molecule has 0 spiro atoms. The molecule has 0 radical (unpaired) electrons. The summed E-state index contributed by atoms with van der Waals surface area (Å²) in [4.78, 5) is 28.4. The van der Waals surface area contributed by atoms with E-state index < -0.39 is 5.91 Å². The minimum absolute atomic E-state index is 0.0911. The Morgan fingerprint density at radius 3 is 2.31 bits per heavy atom.